The third-order valence-corrected chi connectivity index (χ3v) is 2.72. The molecular weight excluding hydrogens is 246 g/mol. The van der Waals surface area contributed by atoms with Gasteiger partial charge in [0.1, 0.15) is 0 Å². The zero-order chi connectivity index (χ0) is 14.3. The minimum absolute atomic E-state index is 0.0527. The molecule has 0 bridgehead atoms. The van der Waals surface area contributed by atoms with Crippen LogP contribution >= 0.6 is 0 Å². The zero-order valence-electron chi connectivity index (χ0n) is 10.9. The Labute approximate surface area is 112 Å². The van der Waals surface area contributed by atoms with Gasteiger partial charge >= 0.3 is 5.97 Å². The number of carbonyl (C=O) groups excluding carboxylic acids is 1. The fraction of sp³-hybridized carbons (Fsp3) is 0.429. The molecule has 0 aromatic heterocycles. The molecule has 0 aliphatic rings. The van der Waals surface area contributed by atoms with E-state index in [2.05, 4.69) is 5.32 Å². The third-order valence-electron chi connectivity index (χ3n) is 2.72. The van der Waals surface area contributed by atoms with E-state index in [9.17, 15) is 9.59 Å². The number of carbonyl (C=O) groups is 2. The predicted octanol–water partition coefficient (Wildman–Crippen LogP) is 1.20. The van der Waals surface area contributed by atoms with Crippen molar-refractivity contribution in [2.45, 2.75) is 32.3 Å². The van der Waals surface area contributed by atoms with Crippen LogP contribution < -0.4 is 5.32 Å². The summed E-state index contributed by atoms with van der Waals surface area (Å²) in [7, 11) is 0. The number of amides is 1. The monoisotopic (exact) mass is 265 g/mol. The summed E-state index contributed by atoms with van der Waals surface area (Å²) in [5, 5.41) is 20.8. The summed E-state index contributed by atoms with van der Waals surface area (Å²) in [5.41, 5.74) is 0.657. The number of carboxylic acids is 1. The number of aromatic carboxylic acids is 1. The lowest BCUT2D eigenvalue weighted by atomic mass is 10.0. The van der Waals surface area contributed by atoms with E-state index in [1.54, 1.807) is 25.1 Å². The fourth-order valence-electron chi connectivity index (χ4n) is 1.74. The maximum atomic E-state index is 11.7. The first-order valence-corrected chi connectivity index (χ1v) is 6.26. The summed E-state index contributed by atoms with van der Waals surface area (Å²) in [5.74, 6) is -1.24. The number of aliphatic hydroxyl groups excluding tert-OH is 1. The Hall–Kier alpha value is -1.88. The van der Waals surface area contributed by atoms with Gasteiger partial charge in [0.15, 0.2) is 0 Å². The second-order valence-corrected chi connectivity index (χ2v) is 4.48. The highest BCUT2D eigenvalue weighted by Gasteiger charge is 2.12. The SMILES string of the molecule is CC(O)CCCNC(=O)Cc1ccccc1C(=O)O. The topological polar surface area (TPSA) is 86.6 Å². The van der Waals surface area contributed by atoms with Crippen LogP contribution in [0.15, 0.2) is 24.3 Å². The van der Waals surface area contributed by atoms with Crippen molar-refractivity contribution in [1.82, 2.24) is 5.32 Å². The summed E-state index contributed by atoms with van der Waals surface area (Å²) >= 11 is 0. The molecule has 0 radical (unpaired) electrons. The largest absolute Gasteiger partial charge is 0.478 e. The van der Waals surface area contributed by atoms with Crippen molar-refractivity contribution < 1.29 is 19.8 Å². The molecular formula is C14H19NO4. The summed E-state index contributed by atoms with van der Waals surface area (Å²) < 4.78 is 0. The number of carboxylic acid groups (broad SMARTS) is 1. The first-order chi connectivity index (χ1) is 9.00. The molecule has 5 heteroatoms. The molecule has 0 aliphatic carbocycles. The molecule has 0 saturated heterocycles. The minimum atomic E-state index is -1.03. The van der Waals surface area contributed by atoms with Crippen molar-refractivity contribution in [3.05, 3.63) is 35.4 Å². The molecule has 1 atom stereocenters. The number of hydrogen-bond donors (Lipinski definition) is 3. The van der Waals surface area contributed by atoms with Gasteiger partial charge in [0, 0.05) is 6.54 Å². The maximum Gasteiger partial charge on any atom is 0.335 e. The molecule has 104 valence electrons. The number of rotatable bonds is 7. The van der Waals surface area contributed by atoms with Crippen LogP contribution in [0.25, 0.3) is 0 Å². The van der Waals surface area contributed by atoms with Crippen molar-refractivity contribution in [3.8, 4) is 0 Å². The second-order valence-electron chi connectivity index (χ2n) is 4.48. The smallest absolute Gasteiger partial charge is 0.335 e. The average Bonchev–Trinajstić information content (AvgIpc) is 2.35. The van der Waals surface area contributed by atoms with Gasteiger partial charge in [-0.05, 0) is 31.4 Å². The van der Waals surface area contributed by atoms with Gasteiger partial charge in [-0.1, -0.05) is 18.2 Å². The van der Waals surface area contributed by atoms with Crippen molar-refractivity contribution in [3.63, 3.8) is 0 Å². The minimum Gasteiger partial charge on any atom is -0.478 e. The van der Waals surface area contributed by atoms with Gasteiger partial charge < -0.3 is 15.5 Å². The van der Waals surface area contributed by atoms with E-state index in [1.807, 2.05) is 0 Å². The lowest BCUT2D eigenvalue weighted by molar-refractivity contribution is -0.120. The Morgan fingerprint density at radius 1 is 1.32 bits per heavy atom. The van der Waals surface area contributed by atoms with Gasteiger partial charge in [-0.15, -0.1) is 0 Å². The highest BCUT2D eigenvalue weighted by atomic mass is 16.4. The van der Waals surface area contributed by atoms with Gasteiger partial charge in [0.05, 0.1) is 18.1 Å². The van der Waals surface area contributed by atoms with Crippen molar-refractivity contribution in [2.75, 3.05) is 6.54 Å². The molecule has 0 aliphatic heterocycles. The first kappa shape index (κ1) is 15.2. The van der Waals surface area contributed by atoms with E-state index in [-0.39, 0.29) is 24.0 Å². The van der Waals surface area contributed by atoms with Gasteiger partial charge in [0.25, 0.3) is 0 Å². The lowest BCUT2D eigenvalue weighted by Crippen LogP contribution is -2.27. The molecule has 3 N–H and O–H groups in total. The molecule has 19 heavy (non-hydrogen) atoms. The zero-order valence-corrected chi connectivity index (χ0v) is 10.9. The van der Waals surface area contributed by atoms with Crippen LogP contribution in [0.1, 0.15) is 35.7 Å². The van der Waals surface area contributed by atoms with Crippen LogP contribution in [-0.2, 0) is 11.2 Å². The average molecular weight is 265 g/mol. The van der Waals surface area contributed by atoms with Crippen LogP contribution in [0.3, 0.4) is 0 Å². The van der Waals surface area contributed by atoms with Crippen LogP contribution in [0, 0.1) is 0 Å². The third kappa shape index (κ3) is 5.52. The molecule has 0 fully saturated rings. The van der Waals surface area contributed by atoms with Crippen LogP contribution in [0.4, 0.5) is 0 Å². The summed E-state index contributed by atoms with van der Waals surface area (Å²) in [4.78, 5) is 22.6. The molecule has 1 amide bonds. The molecule has 0 spiro atoms. The van der Waals surface area contributed by atoms with Gasteiger partial charge in [-0.3, -0.25) is 4.79 Å². The summed E-state index contributed by atoms with van der Waals surface area (Å²) in [6, 6.07) is 6.47. The van der Waals surface area contributed by atoms with E-state index in [4.69, 9.17) is 10.2 Å². The molecule has 0 saturated carbocycles. The van der Waals surface area contributed by atoms with Crippen molar-refractivity contribution in [2.24, 2.45) is 0 Å². The molecule has 1 aromatic rings. The molecule has 1 aromatic carbocycles. The van der Waals surface area contributed by atoms with E-state index < -0.39 is 5.97 Å². The molecule has 1 unspecified atom stereocenters. The first-order valence-electron chi connectivity index (χ1n) is 6.26. The van der Waals surface area contributed by atoms with Gasteiger partial charge in [-0.25, -0.2) is 4.79 Å². The maximum absolute atomic E-state index is 11.7. The molecule has 0 heterocycles. The highest BCUT2D eigenvalue weighted by molar-refractivity contribution is 5.91. The van der Waals surface area contributed by atoms with Crippen LogP contribution in [0.5, 0.6) is 0 Å². The normalized spacial score (nSPS) is 11.9. The number of hydrogen-bond acceptors (Lipinski definition) is 3. The Bertz CT molecular complexity index is 443. The van der Waals surface area contributed by atoms with E-state index >= 15 is 0 Å². The number of nitrogens with one attached hydrogen (secondary N) is 1. The standard InChI is InChI=1S/C14H19NO4/c1-10(16)5-4-8-15-13(17)9-11-6-2-3-7-12(11)14(18)19/h2-3,6-7,10,16H,4-5,8-9H2,1H3,(H,15,17)(H,18,19). The fourth-order valence-corrected chi connectivity index (χ4v) is 1.74. The Morgan fingerprint density at radius 2 is 2.00 bits per heavy atom. The number of benzene rings is 1. The van der Waals surface area contributed by atoms with Crippen molar-refractivity contribution >= 4 is 11.9 Å². The number of aliphatic hydroxyl groups is 1. The van der Waals surface area contributed by atoms with E-state index in [0.717, 1.165) is 0 Å². The highest BCUT2D eigenvalue weighted by Crippen LogP contribution is 2.09. The summed E-state index contributed by atoms with van der Waals surface area (Å²) in [6.45, 7) is 2.18. The van der Waals surface area contributed by atoms with Crippen LogP contribution in [0.2, 0.25) is 0 Å². The van der Waals surface area contributed by atoms with Gasteiger partial charge in [-0.2, -0.15) is 0 Å². The summed E-state index contributed by atoms with van der Waals surface area (Å²) in [6.07, 6.45) is 1.01. The van der Waals surface area contributed by atoms with E-state index in [1.165, 1.54) is 6.07 Å². The Morgan fingerprint density at radius 3 is 2.63 bits per heavy atom. The Balaban J connectivity index is 2.46. The van der Waals surface area contributed by atoms with Crippen molar-refractivity contribution in [1.29, 1.82) is 0 Å². The van der Waals surface area contributed by atoms with Gasteiger partial charge in [0.2, 0.25) is 5.91 Å². The van der Waals surface area contributed by atoms with Crippen LogP contribution in [-0.4, -0.2) is 34.7 Å². The quantitative estimate of drug-likeness (QED) is 0.647. The lowest BCUT2D eigenvalue weighted by Gasteiger charge is -2.08. The predicted molar refractivity (Wildman–Crippen MR) is 71.0 cm³/mol. The van der Waals surface area contributed by atoms with E-state index in [0.29, 0.717) is 24.9 Å². The molecule has 1 rings (SSSR count). The second kappa shape index (κ2) is 7.53. The Kier molecular flexibility index (Phi) is 6.02. The molecule has 5 nitrogen and oxygen atoms in total.